The van der Waals surface area contributed by atoms with Crippen molar-refractivity contribution in [2.45, 2.75) is 0 Å². The molecule has 5 nitrogen and oxygen atoms in total. The Balaban J connectivity index is 1.87. The molecule has 0 atom stereocenters. The topological polar surface area (TPSA) is 54.5 Å². The summed E-state index contributed by atoms with van der Waals surface area (Å²) in [6.45, 7) is 1.37. The van der Waals surface area contributed by atoms with Gasteiger partial charge in [-0.05, 0) is 49.8 Å². The van der Waals surface area contributed by atoms with Gasteiger partial charge in [-0.15, -0.1) is 0 Å². The molecule has 0 bridgehead atoms. The molecule has 0 unspecified atom stereocenters. The predicted molar refractivity (Wildman–Crippen MR) is 122 cm³/mol. The number of hydrogen-bond donors (Lipinski definition) is 1. The monoisotopic (exact) mass is 399 g/mol. The maximum Gasteiger partial charge on any atom is 0.252 e. The minimum atomic E-state index is -0.0886. The Morgan fingerprint density at radius 2 is 1.77 bits per heavy atom. The van der Waals surface area contributed by atoms with E-state index in [1.807, 2.05) is 73.6 Å². The maximum atomic E-state index is 13.1. The first-order valence-corrected chi connectivity index (χ1v) is 9.96. The van der Waals surface area contributed by atoms with Crippen molar-refractivity contribution in [3.8, 4) is 17.0 Å². The van der Waals surface area contributed by atoms with Crippen molar-refractivity contribution in [3.05, 3.63) is 72.3 Å². The summed E-state index contributed by atoms with van der Waals surface area (Å²) < 4.78 is 5.27. The van der Waals surface area contributed by atoms with Crippen molar-refractivity contribution >= 4 is 27.6 Å². The van der Waals surface area contributed by atoms with Crippen molar-refractivity contribution < 1.29 is 9.53 Å². The smallest absolute Gasteiger partial charge is 0.252 e. The summed E-state index contributed by atoms with van der Waals surface area (Å²) in [6.07, 6.45) is 0. The Morgan fingerprint density at radius 3 is 2.50 bits per heavy atom. The average molecular weight is 399 g/mol. The highest BCUT2D eigenvalue weighted by molar-refractivity contribution is 6.14. The lowest BCUT2D eigenvalue weighted by Gasteiger charge is -2.14. The fraction of sp³-hybridized carbons (Fsp3) is 0.200. The predicted octanol–water partition coefficient (Wildman–Crippen LogP) is 4.36. The second-order valence-corrected chi connectivity index (χ2v) is 7.53. The lowest BCUT2D eigenvalue weighted by atomic mass is 9.99. The first-order valence-electron chi connectivity index (χ1n) is 9.96. The molecular formula is C25H25N3O2. The summed E-state index contributed by atoms with van der Waals surface area (Å²) in [4.78, 5) is 20.1. The Morgan fingerprint density at radius 1 is 1.00 bits per heavy atom. The molecule has 1 heterocycles. The first-order chi connectivity index (χ1) is 14.6. The Bertz CT molecular complexity index is 1200. The van der Waals surface area contributed by atoms with Gasteiger partial charge < -0.3 is 15.0 Å². The molecule has 0 aliphatic heterocycles. The summed E-state index contributed by atoms with van der Waals surface area (Å²) in [7, 11) is 5.62. The van der Waals surface area contributed by atoms with Crippen LogP contribution in [0.25, 0.3) is 32.9 Å². The van der Waals surface area contributed by atoms with Crippen LogP contribution in [0.2, 0.25) is 0 Å². The van der Waals surface area contributed by atoms with E-state index in [4.69, 9.17) is 9.72 Å². The highest BCUT2D eigenvalue weighted by Crippen LogP contribution is 2.30. The van der Waals surface area contributed by atoms with E-state index in [0.717, 1.165) is 45.2 Å². The quantitative estimate of drug-likeness (QED) is 0.490. The molecule has 3 aromatic carbocycles. The van der Waals surface area contributed by atoms with Crippen molar-refractivity contribution in [2.24, 2.45) is 0 Å². The summed E-state index contributed by atoms with van der Waals surface area (Å²) in [5.74, 6) is 0.695. The zero-order chi connectivity index (χ0) is 21.1. The standard InChI is InChI=1S/C25H25N3O2/c1-28(2)15-14-26-25(29)22-16-23(18-8-11-19(30-3)12-9-18)27-24-20-7-5-4-6-17(20)10-13-21(22)24/h4-13,16H,14-15H2,1-3H3,(H,26,29). The van der Waals surface area contributed by atoms with Gasteiger partial charge in [0, 0.05) is 29.4 Å². The Labute approximate surface area is 176 Å². The molecule has 0 radical (unpaired) electrons. The average Bonchev–Trinajstić information content (AvgIpc) is 2.78. The largest absolute Gasteiger partial charge is 0.497 e. The lowest BCUT2D eigenvalue weighted by Crippen LogP contribution is -2.31. The Kier molecular flexibility index (Phi) is 5.63. The van der Waals surface area contributed by atoms with E-state index in [0.29, 0.717) is 12.1 Å². The molecule has 5 heteroatoms. The number of nitrogens with zero attached hydrogens (tertiary/aromatic N) is 2. The number of rotatable bonds is 6. The van der Waals surface area contributed by atoms with Gasteiger partial charge in [0.2, 0.25) is 0 Å². The number of likely N-dealkylation sites (N-methyl/N-ethyl adjacent to an activating group) is 1. The molecule has 1 aromatic heterocycles. The molecule has 152 valence electrons. The van der Waals surface area contributed by atoms with Crippen LogP contribution in [0.3, 0.4) is 0 Å². The number of methoxy groups -OCH3 is 1. The lowest BCUT2D eigenvalue weighted by molar-refractivity contribution is 0.0952. The van der Waals surface area contributed by atoms with Crippen LogP contribution in [-0.4, -0.2) is 50.1 Å². The number of ether oxygens (including phenoxy) is 1. The van der Waals surface area contributed by atoms with Crippen molar-refractivity contribution in [3.63, 3.8) is 0 Å². The SMILES string of the molecule is COc1ccc(-c2cc(C(=O)NCCN(C)C)c3ccc4ccccc4c3n2)cc1. The van der Waals surface area contributed by atoms with Gasteiger partial charge in [-0.1, -0.05) is 36.4 Å². The number of nitrogens with one attached hydrogen (secondary N) is 1. The fourth-order valence-corrected chi connectivity index (χ4v) is 3.55. The van der Waals surface area contributed by atoms with Gasteiger partial charge in [0.05, 0.1) is 23.9 Å². The van der Waals surface area contributed by atoms with Gasteiger partial charge in [-0.25, -0.2) is 4.98 Å². The number of amides is 1. The number of carbonyl (C=O) groups is 1. The van der Waals surface area contributed by atoms with Crippen LogP contribution >= 0.6 is 0 Å². The molecule has 0 spiro atoms. The molecule has 4 rings (SSSR count). The van der Waals surface area contributed by atoms with Crippen LogP contribution in [0, 0.1) is 0 Å². The summed E-state index contributed by atoms with van der Waals surface area (Å²) >= 11 is 0. The molecule has 4 aromatic rings. The number of hydrogen-bond acceptors (Lipinski definition) is 4. The molecule has 0 aliphatic carbocycles. The third-order valence-electron chi connectivity index (χ3n) is 5.18. The van der Waals surface area contributed by atoms with Crippen LogP contribution in [0.15, 0.2) is 66.7 Å². The van der Waals surface area contributed by atoms with Gasteiger partial charge in [0.15, 0.2) is 0 Å². The highest BCUT2D eigenvalue weighted by atomic mass is 16.5. The van der Waals surface area contributed by atoms with E-state index in [-0.39, 0.29) is 5.91 Å². The number of fused-ring (bicyclic) bond motifs is 3. The number of benzene rings is 3. The summed E-state index contributed by atoms with van der Waals surface area (Å²) in [6, 6.07) is 21.8. The third kappa shape index (κ3) is 3.98. The van der Waals surface area contributed by atoms with Crippen LogP contribution < -0.4 is 10.1 Å². The zero-order valence-corrected chi connectivity index (χ0v) is 17.5. The molecule has 0 saturated carbocycles. The molecule has 0 aliphatic rings. The molecule has 0 saturated heterocycles. The fourth-order valence-electron chi connectivity index (χ4n) is 3.55. The van der Waals surface area contributed by atoms with Gasteiger partial charge in [-0.3, -0.25) is 4.79 Å². The van der Waals surface area contributed by atoms with Crippen LogP contribution in [-0.2, 0) is 0 Å². The van der Waals surface area contributed by atoms with Gasteiger partial charge >= 0.3 is 0 Å². The molecule has 30 heavy (non-hydrogen) atoms. The zero-order valence-electron chi connectivity index (χ0n) is 17.5. The molecular weight excluding hydrogens is 374 g/mol. The normalized spacial score (nSPS) is 11.2. The second kappa shape index (κ2) is 8.51. The summed E-state index contributed by atoms with van der Waals surface area (Å²) in [5, 5.41) is 6.03. The number of aromatic nitrogens is 1. The first kappa shape index (κ1) is 19.9. The van der Waals surface area contributed by atoms with E-state index in [1.54, 1.807) is 7.11 Å². The summed E-state index contributed by atoms with van der Waals surface area (Å²) in [5.41, 5.74) is 3.17. The van der Waals surface area contributed by atoms with E-state index in [9.17, 15) is 4.79 Å². The van der Waals surface area contributed by atoms with Crippen molar-refractivity contribution in [1.82, 2.24) is 15.2 Å². The van der Waals surface area contributed by atoms with Gasteiger partial charge in [0.25, 0.3) is 5.91 Å². The van der Waals surface area contributed by atoms with Crippen molar-refractivity contribution in [2.75, 3.05) is 34.3 Å². The third-order valence-corrected chi connectivity index (χ3v) is 5.18. The Hall–Kier alpha value is -3.44. The molecule has 0 fully saturated rings. The molecule has 1 N–H and O–H groups in total. The minimum absolute atomic E-state index is 0.0886. The van der Waals surface area contributed by atoms with Crippen LogP contribution in [0.5, 0.6) is 5.75 Å². The van der Waals surface area contributed by atoms with Gasteiger partial charge in [-0.2, -0.15) is 0 Å². The highest BCUT2D eigenvalue weighted by Gasteiger charge is 2.16. The van der Waals surface area contributed by atoms with Crippen molar-refractivity contribution in [1.29, 1.82) is 0 Å². The van der Waals surface area contributed by atoms with E-state index < -0.39 is 0 Å². The second-order valence-electron chi connectivity index (χ2n) is 7.53. The van der Waals surface area contributed by atoms with E-state index >= 15 is 0 Å². The van der Waals surface area contributed by atoms with Gasteiger partial charge in [0.1, 0.15) is 5.75 Å². The minimum Gasteiger partial charge on any atom is -0.497 e. The van der Waals surface area contributed by atoms with E-state index in [1.165, 1.54) is 0 Å². The maximum absolute atomic E-state index is 13.1. The van der Waals surface area contributed by atoms with Crippen LogP contribution in [0.1, 0.15) is 10.4 Å². The van der Waals surface area contributed by atoms with E-state index in [2.05, 4.69) is 17.4 Å². The van der Waals surface area contributed by atoms with Crippen LogP contribution in [0.4, 0.5) is 0 Å². The molecule has 1 amide bonds. The number of carbonyl (C=O) groups excluding carboxylic acids is 1. The number of pyridine rings is 1.